The fraction of sp³-hybridized carbons (Fsp3) is 0.647. The summed E-state index contributed by atoms with van der Waals surface area (Å²) >= 11 is 0. The van der Waals surface area contributed by atoms with Gasteiger partial charge in [0.25, 0.3) is 0 Å². The minimum atomic E-state index is -4.67. The van der Waals surface area contributed by atoms with Crippen molar-refractivity contribution >= 4 is 12.1 Å². The molecular weight excluding hydrogens is 351 g/mol. The number of alkyl halides is 3. The van der Waals surface area contributed by atoms with Crippen LogP contribution in [-0.4, -0.2) is 48.9 Å². The Morgan fingerprint density at radius 2 is 2.12 bits per heavy atom. The fourth-order valence-corrected chi connectivity index (χ4v) is 1.94. The Kier molecular flexibility index (Phi) is 11.8. The van der Waals surface area contributed by atoms with Crippen LogP contribution >= 0.6 is 0 Å². The molecule has 1 rings (SSSR count). The van der Waals surface area contributed by atoms with E-state index in [0.29, 0.717) is 18.4 Å². The minimum Gasteiger partial charge on any atom is -0.481 e. The Hall–Kier alpha value is -1.71. The lowest BCUT2D eigenvalue weighted by molar-refractivity contribution is -0.336. The molecule has 0 aliphatic heterocycles. The number of hydrogen-bond acceptors (Lipinski definition) is 6. The average Bonchev–Trinajstić information content (AvgIpc) is 2.83. The number of nitrogens with two attached hydrogens (primary N) is 1. The molecule has 3 N–H and O–H groups in total. The SMILES string of the molecule is CC.CC[C@H](N)C(O)/C(=N/N=C/C1=CCCC(OC(F)(F)F)C=C1)OC. The maximum absolute atomic E-state index is 12.2. The van der Waals surface area contributed by atoms with E-state index in [4.69, 9.17) is 10.5 Å². The number of aliphatic hydroxyl groups excluding tert-OH is 1. The van der Waals surface area contributed by atoms with Gasteiger partial charge < -0.3 is 15.6 Å². The third-order valence-corrected chi connectivity index (χ3v) is 3.32. The Bertz CT molecular complexity index is 517. The highest BCUT2D eigenvalue weighted by Crippen LogP contribution is 2.23. The first-order chi connectivity index (χ1) is 12.3. The molecule has 0 heterocycles. The predicted octanol–water partition coefficient (Wildman–Crippen LogP) is 3.32. The lowest BCUT2D eigenvalue weighted by Gasteiger charge is -2.16. The number of methoxy groups -OCH3 is 1. The number of nitrogens with zero attached hydrogens (tertiary/aromatic N) is 2. The Balaban J connectivity index is 0.00000301. The largest absolute Gasteiger partial charge is 0.523 e. The molecule has 2 unspecified atom stereocenters. The predicted molar refractivity (Wildman–Crippen MR) is 95.9 cm³/mol. The highest BCUT2D eigenvalue weighted by Gasteiger charge is 2.32. The average molecular weight is 379 g/mol. The molecule has 0 aromatic rings. The molecule has 9 heteroatoms. The van der Waals surface area contributed by atoms with Crippen molar-refractivity contribution in [1.29, 1.82) is 0 Å². The number of allylic oxidation sites excluding steroid dienone is 3. The van der Waals surface area contributed by atoms with Gasteiger partial charge in [-0.1, -0.05) is 39.0 Å². The van der Waals surface area contributed by atoms with Crippen LogP contribution in [-0.2, 0) is 9.47 Å². The van der Waals surface area contributed by atoms with Crippen molar-refractivity contribution < 1.29 is 27.8 Å². The molecule has 26 heavy (non-hydrogen) atoms. The molecule has 6 nitrogen and oxygen atoms in total. The summed E-state index contributed by atoms with van der Waals surface area (Å²) in [6.45, 7) is 5.81. The number of ether oxygens (including phenoxy) is 2. The van der Waals surface area contributed by atoms with E-state index in [-0.39, 0.29) is 12.3 Å². The maximum atomic E-state index is 12.2. The van der Waals surface area contributed by atoms with Crippen molar-refractivity contribution in [3.8, 4) is 0 Å². The highest BCUT2D eigenvalue weighted by molar-refractivity contribution is 5.85. The van der Waals surface area contributed by atoms with Crippen LogP contribution in [0.15, 0.2) is 34.0 Å². The molecule has 3 atom stereocenters. The van der Waals surface area contributed by atoms with E-state index in [0.717, 1.165) is 0 Å². The third-order valence-electron chi connectivity index (χ3n) is 3.32. The van der Waals surface area contributed by atoms with Crippen molar-refractivity contribution in [2.45, 2.75) is 64.6 Å². The monoisotopic (exact) mass is 379 g/mol. The summed E-state index contributed by atoms with van der Waals surface area (Å²) in [4.78, 5) is 0. The van der Waals surface area contributed by atoms with Crippen LogP contribution in [0.5, 0.6) is 0 Å². The van der Waals surface area contributed by atoms with E-state index >= 15 is 0 Å². The van der Waals surface area contributed by atoms with Crippen molar-refractivity contribution in [3.63, 3.8) is 0 Å². The van der Waals surface area contributed by atoms with Crippen LogP contribution in [0, 0.1) is 0 Å². The normalized spacial score (nSPS) is 20.7. The fourth-order valence-electron chi connectivity index (χ4n) is 1.94. The number of halogens is 3. The zero-order valence-corrected chi connectivity index (χ0v) is 15.5. The minimum absolute atomic E-state index is 0.0305. The summed E-state index contributed by atoms with van der Waals surface area (Å²) in [5, 5.41) is 17.4. The van der Waals surface area contributed by atoms with Gasteiger partial charge in [-0.15, -0.1) is 18.3 Å². The molecule has 1 aliphatic carbocycles. The lowest BCUT2D eigenvalue weighted by Crippen LogP contribution is -2.40. The van der Waals surface area contributed by atoms with Gasteiger partial charge >= 0.3 is 6.36 Å². The van der Waals surface area contributed by atoms with Gasteiger partial charge in [-0.25, -0.2) is 0 Å². The van der Waals surface area contributed by atoms with Gasteiger partial charge in [0.05, 0.1) is 19.4 Å². The summed E-state index contributed by atoms with van der Waals surface area (Å²) in [6, 6.07) is -0.531. The van der Waals surface area contributed by atoms with Gasteiger partial charge in [-0.3, -0.25) is 4.74 Å². The van der Waals surface area contributed by atoms with E-state index in [1.165, 1.54) is 25.5 Å². The maximum Gasteiger partial charge on any atom is 0.523 e. The van der Waals surface area contributed by atoms with Gasteiger partial charge in [-0.05, 0) is 24.8 Å². The van der Waals surface area contributed by atoms with E-state index in [9.17, 15) is 18.3 Å². The summed E-state index contributed by atoms with van der Waals surface area (Å²) in [5.74, 6) is -0.0305. The topological polar surface area (TPSA) is 89.4 Å². The summed E-state index contributed by atoms with van der Waals surface area (Å²) in [7, 11) is 1.34. The van der Waals surface area contributed by atoms with Gasteiger partial charge in [0, 0.05) is 6.04 Å². The van der Waals surface area contributed by atoms with Crippen LogP contribution in [0.2, 0.25) is 0 Å². The molecule has 0 aromatic carbocycles. The van der Waals surface area contributed by atoms with Crippen molar-refractivity contribution in [1.82, 2.24) is 0 Å². The first-order valence-electron chi connectivity index (χ1n) is 8.48. The quantitative estimate of drug-likeness (QED) is 0.421. The molecule has 0 bridgehead atoms. The number of aliphatic hydroxyl groups is 1. The second kappa shape index (κ2) is 12.6. The Labute approximate surface area is 152 Å². The van der Waals surface area contributed by atoms with Gasteiger partial charge in [0.15, 0.2) is 0 Å². The van der Waals surface area contributed by atoms with E-state index in [1.807, 2.05) is 20.8 Å². The highest BCUT2D eigenvalue weighted by atomic mass is 19.4. The molecule has 0 radical (unpaired) electrons. The molecular formula is C17H28F3N3O3. The number of hydrogen-bond donors (Lipinski definition) is 2. The first kappa shape index (κ1) is 24.3. The molecule has 150 valence electrons. The smallest absolute Gasteiger partial charge is 0.481 e. The van der Waals surface area contributed by atoms with E-state index in [1.54, 1.807) is 6.08 Å². The Morgan fingerprint density at radius 3 is 2.65 bits per heavy atom. The molecule has 0 saturated heterocycles. The third kappa shape index (κ3) is 9.69. The summed E-state index contributed by atoms with van der Waals surface area (Å²) < 4.78 is 45.5. The summed E-state index contributed by atoms with van der Waals surface area (Å²) in [6.07, 6.45) is 0.232. The molecule has 0 spiro atoms. The van der Waals surface area contributed by atoms with E-state index < -0.39 is 24.6 Å². The van der Waals surface area contributed by atoms with Crippen LogP contribution in [0.25, 0.3) is 0 Å². The van der Waals surface area contributed by atoms with Crippen molar-refractivity contribution in [2.24, 2.45) is 15.9 Å². The van der Waals surface area contributed by atoms with Gasteiger partial charge in [-0.2, -0.15) is 5.10 Å². The lowest BCUT2D eigenvalue weighted by atomic mass is 10.1. The van der Waals surface area contributed by atoms with Crippen LogP contribution in [0.3, 0.4) is 0 Å². The molecule has 1 aliphatic rings. The first-order valence-corrected chi connectivity index (χ1v) is 8.48. The molecule has 0 aromatic heterocycles. The van der Waals surface area contributed by atoms with E-state index in [2.05, 4.69) is 14.9 Å². The molecule has 0 fully saturated rings. The second-order valence-corrected chi connectivity index (χ2v) is 5.15. The van der Waals surface area contributed by atoms with Gasteiger partial charge in [0.2, 0.25) is 5.90 Å². The second-order valence-electron chi connectivity index (χ2n) is 5.15. The Morgan fingerprint density at radius 1 is 1.46 bits per heavy atom. The molecule has 0 amide bonds. The van der Waals surface area contributed by atoms with Crippen molar-refractivity contribution in [2.75, 3.05) is 7.11 Å². The van der Waals surface area contributed by atoms with Crippen LogP contribution in [0.1, 0.15) is 40.0 Å². The van der Waals surface area contributed by atoms with Gasteiger partial charge in [0.1, 0.15) is 6.10 Å². The standard InChI is InChI=1S/C15H22F3N3O3.C2H6/c1-3-12(19)13(22)14(23-2)21-20-9-10-5-4-6-11(8-7-10)24-15(16,17)18;1-2/h5,7-9,11-13,22H,3-4,6,19H2,1-2H3;1-2H3/b20-9+,21-14-;/t11?,12-,13?;/m0./s1. The summed E-state index contributed by atoms with van der Waals surface area (Å²) in [5.41, 5.74) is 6.28. The number of rotatable bonds is 6. The zero-order chi connectivity index (χ0) is 20.2. The zero-order valence-electron chi connectivity index (χ0n) is 15.5. The van der Waals surface area contributed by atoms with Crippen molar-refractivity contribution in [3.05, 3.63) is 23.8 Å². The van der Waals surface area contributed by atoms with Crippen LogP contribution in [0.4, 0.5) is 13.2 Å². The molecule has 0 saturated carbocycles. The van der Waals surface area contributed by atoms with Crippen LogP contribution < -0.4 is 5.73 Å².